The molecule has 0 saturated heterocycles. The fourth-order valence-electron chi connectivity index (χ4n) is 1.61. The summed E-state index contributed by atoms with van der Waals surface area (Å²) in [7, 11) is 0. The first-order valence-electron chi connectivity index (χ1n) is 5.72. The van der Waals surface area contributed by atoms with Crippen LogP contribution in [0, 0.1) is 0 Å². The van der Waals surface area contributed by atoms with E-state index in [1.807, 2.05) is 38.1 Å². The van der Waals surface area contributed by atoms with E-state index in [-0.39, 0.29) is 12.1 Å². The van der Waals surface area contributed by atoms with Crippen LogP contribution in [0.5, 0.6) is 5.75 Å². The zero-order valence-corrected chi connectivity index (χ0v) is 10.4. The summed E-state index contributed by atoms with van der Waals surface area (Å²) >= 11 is 0. The summed E-state index contributed by atoms with van der Waals surface area (Å²) in [5, 5.41) is 0. The largest absolute Gasteiger partial charge is 0.491 e. The maximum absolute atomic E-state index is 5.64. The summed E-state index contributed by atoms with van der Waals surface area (Å²) in [6, 6.07) is 9.31. The van der Waals surface area contributed by atoms with Gasteiger partial charge in [0.25, 0.3) is 0 Å². The molecule has 0 unspecified atom stereocenters. The number of aromatic nitrogens is 2. The molecule has 0 atom stereocenters. The Balaban J connectivity index is 2.28. The highest BCUT2D eigenvalue weighted by atomic mass is 16.5. The SMILES string of the molecule is CC(C)Oc1ccc(-c2cc(N)nc(N)n2)cc1. The van der Waals surface area contributed by atoms with Gasteiger partial charge >= 0.3 is 0 Å². The minimum absolute atomic E-state index is 0.154. The molecule has 5 nitrogen and oxygen atoms in total. The zero-order valence-electron chi connectivity index (χ0n) is 10.4. The Morgan fingerprint density at radius 1 is 1.06 bits per heavy atom. The molecule has 1 aromatic carbocycles. The average molecular weight is 244 g/mol. The van der Waals surface area contributed by atoms with E-state index < -0.39 is 0 Å². The zero-order chi connectivity index (χ0) is 13.1. The number of nitrogen functional groups attached to an aromatic ring is 2. The van der Waals surface area contributed by atoms with Gasteiger partial charge in [-0.25, -0.2) is 4.98 Å². The van der Waals surface area contributed by atoms with Crippen LogP contribution >= 0.6 is 0 Å². The Bertz CT molecular complexity index is 517. The molecule has 0 aliphatic heterocycles. The number of nitrogens with two attached hydrogens (primary N) is 2. The third kappa shape index (κ3) is 2.88. The van der Waals surface area contributed by atoms with E-state index in [1.54, 1.807) is 6.07 Å². The molecule has 0 saturated carbocycles. The highest BCUT2D eigenvalue weighted by Gasteiger charge is 2.04. The van der Waals surface area contributed by atoms with Gasteiger partial charge in [-0.1, -0.05) is 0 Å². The van der Waals surface area contributed by atoms with Crippen LogP contribution in [0.1, 0.15) is 13.8 Å². The van der Waals surface area contributed by atoms with Gasteiger partial charge in [0.05, 0.1) is 11.8 Å². The topological polar surface area (TPSA) is 87.0 Å². The Hall–Kier alpha value is -2.30. The van der Waals surface area contributed by atoms with Gasteiger partial charge in [-0.2, -0.15) is 4.98 Å². The molecule has 0 aliphatic rings. The summed E-state index contributed by atoms with van der Waals surface area (Å²) < 4.78 is 5.57. The summed E-state index contributed by atoms with van der Waals surface area (Å²) in [5.41, 5.74) is 12.8. The molecule has 1 aromatic heterocycles. The number of nitrogens with zero attached hydrogens (tertiary/aromatic N) is 2. The van der Waals surface area contributed by atoms with Crippen molar-refractivity contribution in [3.8, 4) is 17.0 Å². The van der Waals surface area contributed by atoms with Crippen molar-refractivity contribution in [1.29, 1.82) is 0 Å². The number of rotatable bonds is 3. The highest BCUT2D eigenvalue weighted by molar-refractivity contribution is 5.63. The van der Waals surface area contributed by atoms with Gasteiger partial charge in [0.1, 0.15) is 11.6 Å². The first kappa shape index (κ1) is 12.2. The third-order valence-electron chi connectivity index (χ3n) is 2.29. The van der Waals surface area contributed by atoms with Crippen molar-refractivity contribution in [2.45, 2.75) is 20.0 Å². The highest BCUT2D eigenvalue weighted by Crippen LogP contribution is 2.22. The summed E-state index contributed by atoms with van der Waals surface area (Å²) in [6.07, 6.45) is 0.154. The van der Waals surface area contributed by atoms with Crippen molar-refractivity contribution >= 4 is 11.8 Å². The molecule has 94 valence electrons. The normalized spacial score (nSPS) is 10.6. The predicted molar refractivity (Wildman–Crippen MR) is 72.1 cm³/mol. The second-order valence-electron chi connectivity index (χ2n) is 4.23. The van der Waals surface area contributed by atoms with Crippen LogP contribution in [0.2, 0.25) is 0 Å². The molecule has 0 bridgehead atoms. The van der Waals surface area contributed by atoms with Crippen molar-refractivity contribution in [3.63, 3.8) is 0 Å². The number of anilines is 2. The van der Waals surface area contributed by atoms with E-state index in [2.05, 4.69) is 9.97 Å². The van der Waals surface area contributed by atoms with Gasteiger partial charge in [-0.3, -0.25) is 0 Å². The number of benzene rings is 1. The summed E-state index contributed by atoms with van der Waals surface area (Å²) in [4.78, 5) is 7.98. The summed E-state index contributed by atoms with van der Waals surface area (Å²) in [5.74, 6) is 1.36. The lowest BCUT2D eigenvalue weighted by Gasteiger charge is -2.10. The molecule has 2 aromatic rings. The number of hydrogen-bond donors (Lipinski definition) is 2. The lowest BCUT2D eigenvalue weighted by Crippen LogP contribution is -2.05. The van der Waals surface area contributed by atoms with Gasteiger partial charge in [-0.15, -0.1) is 0 Å². The van der Waals surface area contributed by atoms with Crippen molar-refractivity contribution in [1.82, 2.24) is 9.97 Å². The van der Waals surface area contributed by atoms with Crippen LogP contribution in [0.4, 0.5) is 11.8 Å². The second-order valence-corrected chi connectivity index (χ2v) is 4.23. The van der Waals surface area contributed by atoms with Crippen molar-refractivity contribution in [3.05, 3.63) is 30.3 Å². The molecule has 0 spiro atoms. The first-order chi connectivity index (χ1) is 8.54. The van der Waals surface area contributed by atoms with Crippen LogP contribution in [-0.2, 0) is 0 Å². The summed E-state index contributed by atoms with van der Waals surface area (Å²) in [6.45, 7) is 3.97. The van der Waals surface area contributed by atoms with Gasteiger partial charge in [-0.05, 0) is 38.1 Å². The molecule has 2 rings (SSSR count). The Labute approximate surface area is 106 Å². The molecule has 18 heavy (non-hydrogen) atoms. The molecular weight excluding hydrogens is 228 g/mol. The van der Waals surface area contributed by atoms with E-state index in [0.29, 0.717) is 11.5 Å². The van der Waals surface area contributed by atoms with Crippen molar-refractivity contribution in [2.24, 2.45) is 0 Å². The van der Waals surface area contributed by atoms with E-state index >= 15 is 0 Å². The molecular formula is C13H16N4O. The van der Waals surface area contributed by atoms with E-state index in [1.165, 1.54) is 0 Å². The standard InChI is InChI=1S/C13H16N4O/c1-8(2)18-10-5-3-9(4-6-10)11-7-12(14)17-13(15)16-11/h3-8H,1-2H3,(H4,14,15,16,17). The molecule has 0 amide bonds. The van der Waals surface area contributed by atoms with Crippen molar-refractivity contribution < 1.29 is 4.74 Å². The van der Waals surface area contributed by atoms with Gasteiger partial charge in [0.15, 0.2) is 0 Å². The van der Waals surface area contributed by atoms with Crippen LogP contribution < -0.4 is 16.2 Å². The lowest BCUT2D eigenvalue weighted by molar-refractivity contribution is 0.242. The molecule has 0 aliphatic carbocycles. The predicted octanol–water partition coefficient (Wildman–Crippen LogP) is 2.10. The smallest absolute Gasteiger partial charge is 0.222 e. The van der Waals surface area contributed by atoms with E-state index in [0.717, 1.165) is 11.3 Å². The molecule has 1 heterocycles. The Morgan fingerprint density at radius 2 is 1.72 bits per heavy atom. The van der Waals surface area contributed by atoms with Crippen LogP contribution in [0.3, 0.4) is 0 Å². The minimum Gasteiger partial charge on any atom is -0.491 e. The Morgan fingerprint density at radius 3 is 2.28 bits per heavy atom. The lowest BCUT2D eigenvalue weighted by atomic mass is 10.1. The van der Waals surface area contributed by atoms with Crippen molar-refractivity contribution in [2.75, 3.05) is 11.5 Å². The monoisotopic (exact) mass is 244 g/mol. The van der Waals surface area contributed by atoms with E-state index in [4.69, 9.17) is 16.2 Å². The van der Waals surface area contributed by atoms with Gasteiger partial charge in [0, 0.05) is 11.6 Å². The molecule has 0 radical (unpaired) electrons. The number of ether oxygens (including phenoxy) is 1. The maximum atomic E-state index is 5.64. The molecule has 4 N–H and O–H groups in total. The fraction of sp³-hybridized carbons (Fsp3) is 0.231. The Kier molecular flexibility index (Phi) is 3.32. The molecule has 5 heteroatoms. The maximum Gasteiger partial charge on any atom is 0.222 e. The van der Waals surface area contributed by atoms with Crippen LogP contribution in [0.15, 0.2) is 30.3 Å². The molecule has 0 fully saturated rings. The third-order valence-corrected chi connectivity index (χ3v) is 2.29. The second kappa shape index (κ2) is 4.91. The van der Waals surface area contributed by atoms with Gasteiger partial charge in [0.2, 0.25) is 5.95 Å². The average Bonchev–Trinajstić information content (AvgIpc) is 2.27. The minimum atomic E-state index is 0.154. The first-order valence-corrected chi connectivity index (χ1v) is 5.72. The fourth-order valence-corrected chi connectivity index (χ4v) is 1.61. The van der Waals surface area contributed by atoms with E-state index in [9.17, 15) is 0 Å². The van der Waals surface area contributed by atoms with Crippen LogP contribution in [-0.4, -0.2) is 16.1 Å². The quantitative estimate of drug-likeness (QED) is 0.863. The van der Waals surface area contributed by atoms with Crippen LogP contribution in [0.25, 0.3) is 11.3 Å². The van der Waals surface area contributed by atoms with Gasteiger partial charge < -0.3 is 16.2 Å². The number of hydrogen-bond acceptors (Lipinski definition) is 5.